The van der Waals surface area contributed by atoms with Crippen molar-refractivity contribution >= 4 is 46.1 Å². The molecule has 1 aromatic heterocycles. The Morgan fingerprint density at radius 1 is 1.23 bits per heavy atom. The van der Waals surface area contributed by atoms with Crippen molar-refractivity contribution in [2.45, 2.75) is 38.3 Å². The molecule has 2 heterocycles. The maximum Gasteiger partial charge on any atom is 0.325 e. The zero-order valence-electron chi connectivity index (χ0n) is 19.1. The van der Waals surface area contributed by atoms with Crippen LogP contribution in [0.4, 0.5) is 4.79 Å². The number of unbranched alkanes of at least 4 members (excludes halogenated alkanes) is 1. The number of halogens is 2. The Hall–Kier alpha value is -2.63. The van der Waals surface area contributed by atoms with E-state index < -0.39 is 18.1 Å². The molecule has 0 aliphatic carbocycles. The number of rotatable bonds is 10. The standard InChI is InChI=1S/C25H26ClIN4O4/c1-2-3-4-21(23-28-14-20(29-23)18-10-7-16(27)13-19(18)26)31-24(33)22(30-25(31)34)15-5-8-17(9-6-15)35-12-11-32/h5-10,13-14,21-22,32H,2-4,11-12H2,1H3,(H,28,29)(H,30,34)/t21-,22+/m0/s1. The smallest absolute Gasteiger partial charge is 0.325 e. The van der Waals surface area contributed by atoms with E-state index in [0.717, 1.165) is 27.7 Å². The van der Waals surface area contributed by atoms with Crippen molar-refractivity contribution in [1.82, 2.24) is 20.2 Å². The van der Waals surface area contributed by atoms with E-state index in [4.69, 9.17) is 21.4 Å². The largest absolute Gasteiger partial charge is 0.491 e. The molecular weight excluding hydrogens is 583 g/mol. The second kappa shape index (κ2) is 11.4. The lowest BCUT2D eigenvalue weighted by atomic mass is 10.0. The molecule has 1 fully saturated rings. The summed E-state index contributed by atoms with van der Waals surface area (Å²) in [5, 5.41) is 12.3. The topological polar surface area (TPSA) is 108 Å². The molecule has 1 saturated heterocycles. The molecule has 0 spiro atoms. The Bertz CT molecular complexity index is 1200. The SMILES string of the molecule is CCCC[C@@H](c1ncc(-c2ccc(I)cc2Cl)[nH]1)N1C(=O)N[C@H](c2ccc(OCCO)cc2)C1=O. The maximum absolute atomic E-state index is 13.4. The molecule has 0 radical (unpaired) electrons. The zero-order valence-corrected chi connectivity index (χ0v) is 22.0. The summed E-state index contributed by atoms with van der Waals surface area (Å²) in [6.07, 6.45) is 4.01. The fourth-order valence-corrected chi connectivity index (χ4v) is 5.03. The van der Waals surface area contributed by atoms with Gasteiger partial charge in [-0.2, -0.15) is 0 Å². The van der Waals surface area contributed by atoms with Gasteiger partial charge in [-0.15, -0.1) is 0 Å². The number of aromatic amines is 1. The first-order chi connectivity index (χ1) is 16.9. The van der Waals surface area contributed by atoms with E-state index >= 15 is 0 Å². The average Bonchev–Trinajstić information content (AvgIpc) is 3.44. The first-order valence-corrected chi connectivity index (χ1v) is 12.9. The van der Waals surface area contributed by atoms with Crippen LogP contribution in [0.5, 0.6) is 5.75 Å². The van der Waals surface area contributed by atoms with Gasteiger partial charge in [0, 0.05) is 9.13 Å². The third-order valence-corrected chi connectivity index (χ3v) is 6.80. The molecule has 2 atom stereocenters. The van der Waals surface area contributed by atoms with E-state index in [1.54, 1.807) is 30.5 Å². The molecular formula is C25H26ClIN4O4. The van der Waals surface area contributed by atoms with Crippen LogP contribution >= 0.6 is 34.2 Å². The van der Waals surface area contributed by atoms with Gasteiger partial charge in [-0.1, -0.05) is 49.6 Å². The predicted molar refractivity (Wildman–Crippen MR) is 141 cm³/mol. The Morgan fingerprint density at radius 2 is 2.00 bits per heavy atom. The Balaban J connectivity index is 1.59. The maximum atomic E-state index is 13.4. The summed E-state index contributed by atoms with van der Waals surface area (Å²) in [6, 6.07) is 10.9. The molecule has 1 aliphatic rings. The highest BCUT2D eigenvalue weighted by Crippen LogP contribution is 2.35. The number of nitrogens with zero attached hydrogens (tertiary/aromatic N) is 2. The number of aliphatic hydroxyl groups is 1. The number of H-pyrrole nitrogens is 1. The van der Waals surface area contributed by atoms with Crippen molar-refractivity contribution in [2.24, 2.45) is 0 Å². The average molecular weight is 609 g/mol. The minimum atomic E-state index is -0.793. The highest BCUT2D eigenvalue weighted by molar-refractivity contribution is 14.1. The van der Waals surface area contributed by atoms with Crippen molar-refractivity contribution in [3.8, 4) is 17.0 Å². The second-order valence-corrected chi connectivity index (χ2v) is 9.85. The monoisotopic (exact) mass is 608 g/mol. The van der Waals surface area contributed by atoms with E-state index in [1.807, 2.05) is 18.2 Å². The van der Waals surface area contributed by atoms with Gasteiger partial charge in [0.15, 0.2) is 0 Å². The van der Waals surface area contributed by atoms with Crippen LogP contribution in [0.1, 0.15) is 49.7 Å². The minimum Gasteiger partial charge on any atom is -0.491 e. The molecule has 35 heavy (non-hydrogen) atoms. The quantitative estimate of drug-likeness (QED) is 0.216. The van der Waals surface area contributed by atoms with Crippen LogP contribution in [-0.4, -0.2) is 45.1 Å². The van der Waals surface area contributed by atoms with Gasteiger partial charge in [0.25, 0.3) is 5.91 Å². The molecule has 3 N–H and O–H groups in total. The first-order valence-electron chi connectivity index (χ1n) is 11.4. The number of carbonyl (C=O) groups is 2. The summed E-state index contributed by atoms with van der Waals surface area (Å²) in [5.74, 6) is 0.792. The van der Waals surface area contributed by atoms with Gasteiger partial charge >= 0.3 is 6.03 Å². The molecule has 3 aromatic rings. The first kappa shape index (κ1) is 25.5. The lowest BCUT2D eigenvalue weighted by Crippen LogP contribution is -2.35. The number of benzene rings is 2. The highest BCUT2D eigenvalue weighted by atomic mass is 127. The molecule has 10 heteroatoms. The van der Waals surface area contributed by atoms with Crippen LogP contribution in [0.25, 0.3) is 11.3 Å². The third kappa shape index (κ3) is 5.62. The summed E-state index contributed by atoms with van der Waals surface area (Å²) in [5.41, 5.74) is 2.19. The van der Waals surface area contributed by atoms with Crippen molar-refractivity contribution < 1.29 is 19.4 Å². The Kier molecular flexibility index (Phi) is 8.30. The highest BCUT2D eigenvalue weighted by Gasteiger charge is 2.44. The number of nitrogens with one attached hydrogen (secondary N) is 2. The van der Waals surface area contributed by atoms with Crippen molar-refractivity contribution in [1.29, 1.82) is 0 Å². The van der Waals surface area contributed by atoms with E-state index in [2.05, 4.69) is 44.8 Å². The van der Waals surface area contributed by atoms with Gasteiger partial charge in [0.05, 0.1) is 29.6 Å². The van der Waals surface area contributed by atoms with E-state index in [0.29, 0.717) is 28.6 Å². The Morgan fingerprint density at radius 3 is 2.69 bits per heavy atom. The fraction of sp³-hybridized carbons (Fsp3) is 0.320. The number of carbonyl (C=O) groups excluding carboxylic acids is 2. The molecule has 1 aliphatic heterocycles. The molecule has 4 rings (SSSR count). The van der Waals surface area contributed by atoms with Crippen LogP contribution in [0.3, 0.4) is 0 Å². The van der Waals surface area contributed by atoms with E-state index in [1.165, 1.54) is 4.90 Å². The molecule has 184 valence electrons. The number of hydrogen-bond acceptors (Lipinski definition) is 5. The van der Waals surface area contributed by atoms with Crippen LogP contribution in [0, 0.1) is 3.57 Å². The van der Waals surface area contributed by atoms with Gasteiger partial charge < -0.3 is 20.1 Å². The van der Waals surface area contributed by atoms with Crippen LogP contribution < -0.4 is 10.1 Å². The molecule has 8 nitrogen and oxygen atoms in total. The number of imidazole rings is 1. The third-order valence-electron chi connectivity index (χ3n) is 5.82. The van der Waals surface area contributed by atoms with Gasteiger partial charge in [0.1, 0.15) is 24.2 Å². The van der Waals surface area contributed by atoms with Crippen LogP contribution in [0.2, 0.25) is 5.02 Å². The number of urea groups is 1. The normalized spacial score (nSPS) is 16.5. The molecule has 0 unspecified atom stereocenters. The van der Waals surface area contributed by atoms with Crippen molar-refractivity contribution in [3.63, 3.8) is 0 Å². The van der Waals surface area contributed by atoms with Crippen molar-refractivity contribution in [2.75, 3.05) is 13.2 Å². The number of hydrogen-bond donors (Lipinski definition) is 3. The fourth-order valence-electron chi connectivity index (χ4n) is 4.07. The summed E-state index contributed by atoms with van der Waals surface area (Å²) >= 11 is 8.63. The zero-order chi connectivity index (χ0) is 24.9. The summed E-state index contributed by atoms with van der Waals surface area (Å²) in [7, 11) is 0. The molecule has 2 aromatic carbocycles. The van der Waals surface area contributed by atoms with E-state index in [9.17, 15) is 9.59 Å². The van der Waals surface area contributed by atoms with Gasteiger partial charge in [-0.25, -0.2) is 9.78 Å². The molecule has 0 saturated carbocycles. The molecule has 3 amide bonds. The number of imide groups is 1. The van der Waals surface area contributed by atoms with Crippen molar-refractivity contribution in [3.05, 3.63) is 68.6 Å². The summed E-state index contributed by atoms with van der Waals surface area (Å²) in [4.78, 5) is 35.5. The van der Waals surface area contributed by atoms with Gasteiger partial charge in [0.2, 0.25) is 0 Å². The number of aromatic nitrogens is 2. The number of aliphatic hydroxyl groups excluding tert-OH is 1. The van der Waals surface area contributed by atoms with Gasteiger partial charge in [-0.3, -0.25) is 9.69 Å². The molecule has 0 bridgehead atoms. The van der Waals surface area contributed by atoms with Crippen LogP contribution in [-0.2, 0) is 4.79 Å². The minimum absolute atomic E-state index is 0.0860. The summed E-state index contributed by atoms with van der Waals surface area (Å²) < 4.78 is 6.40. The lowest BCUT2D eigenvalue weighted by Gasteiger charge is -2.23. The van der Waals surface area contributed by atoms with Gasteiger partial charge in [-0.05, 0) is 58.8 Å². The summed E-state index contributed by atoms with van der Waals surface area (Å²) in [6.45, 7) is 2.16. The Labute approximate surface area is 222 Å². The van der Waals surface area contributed by atoms with E-state index in [-0.39, 0.29) is 19.1 Å². The number of ether oxygens (including phenoxy) is 1. The number of amides is 3. The second-order valence-electron chi connectivity index (χ2n) is 8.20. The lowest BCUT2D eigenvalue weighted by molar-refractivity contribution is -0.129. The predicted octanol–water partition coefficient (Wildman–Crippen LogP) is 5.23. The van der Waals surface area contributed by atoms with Crippen LogP contribution in [0.15, 0.2) is 48.7 Å².